The summed E-state index contributed by atoms with van der Waals surface area (Å²) in [6, 6.07) is 11.7. The molecule has 3 N–H and O–H groups in total. The van der Waals surface area contributed by atoms with Crippen LogP contribution >= 0.6 is 0 Å². The van der Waals surface area contributed by atoms with Crippen LogP contribution in [-0.4, -0.2) is 35.6 Å². The van der Waals surface area contributed by atoms with Gasteiger partial charge in [0.05, 0.1) is 5.69 Å². The fraction of sp³-hybridized carbons (Fsp3) is 0.333. The number of rotatable bonds is 6. The van der Waals surface area contributed by atoms with Gasteiger partial charge in [0.1, 0.15) is 17.6 Å². The lowest BCUT2D eigenvalue weighted by atomic mass is 9.87. The van der Waals surface area contributed by atoms with Crippen molar-refractivity contribution in [3.63, 3.8) is 0 Å². The molecule has 8 nitrogen and oxygen atoms in total. The molecule has 1 aliphatic rings. The summed E-state index contributed by atoms with van der Waals surface area (Å²) in [6.45, 7) is 7.71. The largest absolute Gasteiger partial charge is 0.448 e. The number of esters is 1. The number of carbonyl (C=O) groups excluding carboxylic acids is 3. The van der Waals surface area contributed by atoms with Crippen molar-refractivity contribution in [3.05, 3.63) is 59.9 Å². The number of benzene rings is 2. The second-order valence-electron chi connectivity index (χ2n) is 8.85. The summed E-state index contributed by atoms with van der Waals surface area (Å²) < 4.78 is 18.5. The van der Waals surface area contributed by atoms with Crippen LogP contribution in [0.25, 0.3) is 0 Å². The highest BCUT2D eigenvalue weighted by Crippen LogP contribution is 2.26. The second-order valence-corrected chi connectivity index (χ2v) is 8.85. The molecule has 0 radical (unpaired) electrons. The number of hydrogen-bond donors (Lipinski definition) is 2. The number of nitrogens with two attached hydrogens (primary N) is 1. The van der Waals surface area contributed by atoms with E-state index in [0.29, 0.717) is 11.4 Å². The van der Waals surface area contributed by atoms with E-state index in [9.17, 15) is 18.8 Å². The number of ether oxygens (including phenoxy) is 1. The van der Waals surface area contributed by atoms with Gasteiger partial charge in [-0.15, -0.1) is 0 Å². The molecule has 2 aromatic rings. The van der Waals surface area contributed by atoms with Gasteiger partial charge in [-0.2, -0.15) is 5.10 Å². The Balaban J connectivity index is 1.65. The molecule has 0 saturated carbocycles. The van der Waals surface area contributed by atoms with Gasteiger partial charge in [0.2, 0.25) is 5.91 Å². The third kappa shape index (κ3) is 5.74. The monoisotopic (exact) mass is 454 g/mol. The van der Waals surface area contributed by atoms with Gasteiger partial charge in [-0.05, 0) is 54.3 Å². The summed E-state index contributed by atoms with van der Waals surface area (Å²) >= 11 is 0. The van der Waals surface area contributed by atoms with E-state index in [1.165, 1.54) is 36.2 Å². The van der Waals surface area contributed by atoms with E-state index in [2.05, 4.69) is 31.2 Å². The summed E-state index contributed by atoms with van der Waals surface area (Å²) in [5.74, 6) is -2.50. The Morgan fingerprint density at radius 1 is 1.12 bits per heavy atom. The van der Waals surface area contributed by atoms with Crippen LogP contribution in [0.4, 0.5) is 15.8 Å². The molecule has 174 valence electrons. The number of primary amides is 1. The Kier molecular flexibility index (Phi) is 6.81. The Bertz CT molecular complexity index is 1080. The van der Waals surface area contributed by atoms with Gasteiger partial charge in [-0.3, -0.25) is 14.6 Å². The lowest BCUT2D eigenvalue weighted by Gasteiger charge is -2.20. The van der Waals surface area contributed by atoms with E-state index in [4.69, 9.17) is 10.5 Å². The minimum Gasteiger partial charge on any atom is -0.448 e. The first-order chi connectivity index (χ1) is 15.5. The number of anilines is 2. The van der Waals surface area contributed by atoms with Crippen molar-refractivity contribution in [3.8, 4) is 0 Å². The standard InChI is InChI=1S/C24H27FN4O4/c1-14(22(31)27-17-9-5-15(6-10-17)24(2,3)4)33-23(32)19-13-20(21(26)30)29(28-19)18-11-7-16(25)8-12-18/h5-12,14,20H,13H2,1-4H3,(H2,26,30)(H,27,31). The average Bonchev–Trinajstić information content (AvgIpc) is 3.20. The van der Waals surface area contributed by atoms with E-state index < -0.39 is 35.7 Å². The molecule has 3 rings (SSSR count). The predicted octanol–water partition coefficient (Wildman–Crippen LogP) is 3.11. The summed E-state index contributed by atoms with van der Waals surface area (Å²) in [4.78, 5) is 36.9. The molecule has 0 bridgehead atoms. The van der Waals surface area contributed by atoms with Crippen LogP contribution in [0.3, 0.4) is 0 Å². The topological polar surface area (TPSA) is 114 Å². The Morgan fingerprint density at radius 3 is 2.27 bits per heavy atom. The zero-order valence-electron chi connectivity index (χ0n) is 19.0. The van der Waals surface area contributed by atoms with Gasteiger partial charge in [-0.1, -0.05) is 32.9 Å². The Morgan fingerprint density at radius 2 is 1.73 bits per heavy atom. The Labute approximate surface area is 191 Å². The summed E-state index contributed by atoms with van der Waals surface area (Å²) in [5, 5.41) is 8.10. The smallest absolute Gasteiger partial charge is 0.355 e. The zero-order chi connectivity index (χ0) is 24.3. The van der Waals surface area contributed by atoms with E-state index in [0.717, 1.165) is 5.56 Å². The molecule has 0 aliphatic carbocycles. The van der Waals surface area contributed by atoms with Crippen molar-refractivity contribution in [2.75, 3.05) is 10.3 Å². The molecule has 1 aliphatic heterocycles. The normalized spacial score (nSPS) is 16.7. The number of nitrogens with zero attached hydrogens (tertiary/aromatic N) is 2. The minimum absolute atomic E-state index is 0.0159. The molecule has 0 saturated heterocycles. The fourth-order valence-corrected chi connectivity index (χ4v) is 3.27. The van der Waals surface area contributed by atoms with Crippen molar-refractivity contribution < 1.29 is 23.5 Å². The molecule has 2 aromatic carbocycles. The summed E-state index contributed by atoms with van der Waals surface area (Å²) in [5.41, 5.74) is 7.46. The first kappa shape index (κ1) is 23.9. The summed E-state index contributed by atoms with van der Waals surface area (Å²) in [6.07, 6.45) is -1.19. The quantitative estimate of drug-likeness (QED) is 0.651. The van der Waals surface area contributed by atoms with Crippen LogP contribution in [0.5, 0.6) is 0 Å². The molecule has 2 atom stereocenters. The van der Waals surface area contributed by atoms with Crippen LogP contribution in [0.15, 0.2) is 53.6 Å². The second kappa shape index (κ2) is 9.40. The molecule has 0 fully saturated rings. The molecule has 33 heavy (non-hydrogen) atoms. The van der Waals surface area contributed by atoms with Gasteiger partial charge in [0.15, 0.2) is 6.10 Å². The van der Waals surface area contributed by atoms with E-state index >= 15 is 0 Å². The average molecular weight is 455 g/mol. The maximum atomic E-state index is 13.2. The molecule has 2 amide bonds. The van der Waals surface area contributed by atoms with Crippen LogP contribution in [-0.2, 0) is 24.5 Å². The third-order valence-electron chi connectivity index (χ3n) is 5.24. The highest BCUT2D eigenvalue weighted by molar-refractivity contribution is 6.38. The molecule has 0 spiro atoms. The van der Waals surface area contributed by atoms with Crippen LogP contribution in [0.2, 0.25) is 0 Å². The highest BCUT2D eigenvalue weighted by Gasteiger charge is 2.36. The number of halogens is 1. The number of carbonyl (C=O) groups is 3. The van der Waals surface area contributed by atoms with Gasteiger partial charge in [0, 0.05) is 12.1 Å². The third-order valence-corrected chi connectivity index (χ3v) is 5.24. The van der Waals surface area contributed by atoms with Gasteiger partial charge < -0.3 is 15.8 Å². The minimum atomic E-state index is -1.10. The molecule has 1 heterocycles. The van der Waals surface area contributed by atoms with Gasteiger partial charge in [0.25, 0.3) is 5.91 Å². The van der Waals surface area contributed by atoms with Crippen molar-refractivity contribution in [2.24, 2.45) is 10.8 Å². The first-order valence-corrected chi connectivity index (χ1v) is 10.5. The maximum absolute atomic E-state index is 13.2. The number of amides is 2. The SMILES string of the molecule is CC(OC(=O)C1=NN(c2ccc(F)cc2)C(C(N)=O)C1)C(=O)Nc1ccc(C(C)(C)C)cc1. The van der Waals surface area contributed by atoms with E-state index in [1.807, 2.05) is 12.1 Å². The lowest BCUT2D eigenvalue weighted by molar-refractivity contribution is -0.146. The molecular formula is C24H27FN4O4. The van der Waals surface area contributed by atoms with Gasteiger partial charge >= 0.3 is 5.97 Å². The van der Waals surface area contributed by atoms with Crippen molar-refractivity contribution in [1.29, 1.82) is 0 Å². The first-order valence-electron chi connectivity index (χ1n) is 10.5. The molecule has 0 aromatic heterocycles. The highest BCUT2D eigenvalue weighted by atomic mass is 19.1. The van der Waals surface area contributed by atoms with Crippen LogP contribution in [0, 0.1) is 5.82 Å². The maximum Gasteiger partial charge on any atom is 0.355 e. The number of nitrogens with one attached hydrogen (secondary N) is 1. The van der Waals surface area contributed by atoms with Crippen molar-refractivity contribution in [1.82, 2.24) is 0 Å². The van der Waals surface area contributed by atoms with Crippen LogP contribution < -0.4 is 16.1 Å². The van der Waals surface area contributed by atoms with Crippen molar-refractivity contribution >= 4 is 34.9 Å². The molecular weight excluding hydrogens is 427 g/mol. The van der Waals surface area contributed by atoms with Crippen molar-refractivity contribution in [2.45, 2.75) is 51.7 Å². The number of hydrogen-bond acceptors (Lipinski definition) is 6. The Hall–Kier alpha value is -3.75. The predicted molar refractivity (Wildman–Crippen MR) is 123 cm³/mol. The lowest BCUT2D eigenvalue weighted by Crippen LogP contribution is -2.39. The number of hydrazone groups is 1. The van der Waals surface area contributed by atoms with Gasteiger partial charge in [-0.25, -0.2) is 9.18 Å². The van der Waals surface area contributed by atoms with Crippen LogP contribution in [0.1, 0.15) is 39.7 Å². The zero-order valence-corrected chi connectivity index (χ0v) is 19.0. The fourth-order valence-electron chi connectivity index (χ4n) is 3.27. The van der Waals surface area contributed by atoms with E-state index in [1.54, 1.807) is 12.1 Å². The van der Waals surface area contributed by atoms with E-state index in [-0.39, 0.29) is 17.5 Å². The summed E-state index contributed by atoms with van der Waals surface area (Å²) in [7, 11) is 0. The molecule has 2 unspecified atom stereocenters. The molecule has 9 heteroatoms.